The van der Waals surface area contributed by atoms with Gasteiger partial charge >= 0.3 is 0 Å². The number of rotatable bonds is 5. The first-order valence-corrected chi connectivity index (χ1v) is 6.89. The Hall–Kier alpha value is -2.53. The van der Waals surface area contributed by atoms with Gasteiger partial charge in [0.1, 0.15) is 5.75 Å². The third kappa shape index (κ3) is 3.32. The van der Waals surface area contributed by atoms with Crippen LogP contribution >= 0.6 is 0 Å². The van der Waals surface area contributed by atoms with Crippen molar-refractivity contribution in [2.24, 2.45) is 0 Å². The molecule has 3 aromatic rings. The monoisotopic (exact) mass is 280 g/mol. The van der Waals surface area contributed by atoms with Crippen molar-refractivity contribution in [3.63, 3.8) is 0 Å². The lowest BCUT2D eigenvalue weighted by Gasteiger charge is -2.06. The molecule has 0 aliphatic heterocycles. The van der Waals surface area contributed by atoms with Crippen LogP contribution in [0.15, 0.2) is 48.9 Å². The highest BCUT2D eigenvalue weighted by Crippen LogP contribution is 2.22. The largest absolute Gasteiger partial charge is 0.437 e. The molecule has 0 aliphatic carbocycles. The summed E-state index contributed by atoms with van der Waals surface area (Å²) in [6, 6.07) is 9.70. The molecule has 21 heavy (non-hydrogen) atoms. The second-order valence-electron chi connectivity index (χ2n) is 4.59. The van der Waals surface area contributed by atoms with E-state index in [1.165, 1.54) is 0 Å². The molecule has 1 aromatic carbocycles. The molecule has 0 bridgehead atoms. The second-order valence-corrected chi connectivity index (χ2v) is 4.59. The lowest BCUT2D eigenvalue weighted by Crippen LogP contribution is -2.13. The number of ether oxygens (including phenoxy) is 1. The Morgan fingerprint density at radius 1 is 1.10 bits per heavy atom. The Balaban J connectivity index is 1.75. The number of nitrogens with zero attached hydrogens (tertiary/aromatic N) is 3. The van der Waals surface area contributed by atoms with Crippen LogP contribution in [0.2, 0.25) is 0 Å². The zero-order valence-electron chi connectivity index (χ0n) is 11.8. The normalized spacial score (nSPS) is 10.7. The summed E-state index contributed by atoms with van der Waals surface area (Å²) in [6.45, 7) is 3.67. The first-order valence-electron chi connectivity index (χ1n) is 6.89. The van der Waals surface area contributed by atoms with Crippen LogP contribution in [0.5, 0.6) is 11.6 Å². The summed E-state index contributed by atoms with van der Waals surface area (Å²) >= 11 is 0. The average Bonchev–Trinajstić information content (AvgIpc) is 2.54. The molecule has 2 heterocycles. The van der Waals surface area contributed by atoms with Gasteiger partial charge in [0.25, 0.3) is 0 Å². The first kappa shape index (κ1) is 13.5. The van der Waals surface area contributed by atoms with Crippen molar-refractivity contribution in [1.29, 1.82) is 0 Å². The Labute approximate surface area is 123 Å². The number of hydrogen-bond acceptors (Lipinski definition) is 5. The summed E-state index contributed by atoms with van der Waals surface area (Å²) in [6.07, 6.45) is 5.12. The Morgan fingerprint density at radius 3 is 2.86 bits per heavy atom. The van der Waals surface area contributed by atoms with Crippen molar-refractivity contribution in [3.8, 4) is 11.6 Å². The van der Waals surface area contributed by atoms with Crippen LogP contribution in [0.4, 0.5) is 0 Å². The van der Waals surface area contributed by atoms with Crippen LogP contribution in [0, 0.1) is 0 Å². The van der Waals surface area contributed by atoms with Crippen molar-refractivity contribution in [1.82, 2.24) is 20.3 Å². The number of pyridine rings is 1. The number of nitrogens with one attached hydrogen (secondary N) is 1. The minimum Gasteiger partial charge on any atom is -0.437 e. The smallest absolute Gasteiger partial charge is 0.237 e. The van der Waals surface area contributed by atoms with E-state index in [-0.39, 0.29) is 0 Å². The average molecular weight is 280 g/mol. The molecule has 0 aliphatic rings. The molecule has 0 atom stereocenters. The van der Waals surface area contributed by atoms with E-state index in [4.69, 9.17) is 4.74 Å². The van der Waals surface area contributed by atoms with Gasteiger partial charge in [-0.05, 0) is 24.7 Å². The van der Waals surface area contributed by atoms with Crippen LogP contribution in [0.3, 0.4) is 0 Å². The SMILES string of the molecule is CCNCc1cnc(Oc2ccc3cccnc3c2)cn1. The maximum atomic E-state index is 5.71. The maximum Gasteiger partial charge on any atom is 0.237 e. The molecule has 0 radical (unpaired) electrons. The zero-order valence-corrected chi connectivity index (χ0v) is 11.8. The predicted molar refractivity (Wildman–Crippen MR) is 81.2 cm³/mol. The van der Waals surface area contributed by atoms with Crippen molar-refractivity contribution < 1.29 is 4.74 Å². The molecule has 3 rings (SSSR count). The summed E-state index contributed by atoms with van der Waals surface area (Å²) < 4.78 is 5.71. The van der Waals surface area contributed by atoms with E-state index in [1.54, 1.807) is 18.6 Å². The van der Waals surface area contributed by atoms with E-state index in [0.717, 1.165) is 23.1 Å². The first-order chi connectivity index (χ1) is 10.3. The van der Waals surface area contributed by atoms with Crippen molar-refractivity contribution in [2.45, 2.75) is 13.5 Å². The van der Waals surface area contributed by atoms with Gasteiger partial charge < -0.3 is 10.1 Å². The molecular formula is C16H16N4O. The molecule has 106 valence electrons. The highest BCUT2D eigenvalue weighted by molar-refractivity contribution is 5.79. The van der Waals surface area contributed by atoms with Gasteiger partial charge in [-0.15, -0.1) is 0 Å². The summed E-state index contributed by atoms with van der Waals surface area (Å²) in [5.41, 5.74) is 1.79. The van der Waals surface area contributed by atoms with Gasteiger partial charge in [0.05, 0.1) is 23.6 Å². The molecule has 5 nitrogen and oxygen atoms in total. The fraction of sp³-hybridized carbons (Fsp3) is 0.188. The Bertz CT molecular complexity index is 728. The van der Waals surface area contributed by atoms with Gasteiger partial charge in [-0.25, -0.2) is 4.98 Å². The molecule has 0 saturated carbocycles. The number of benzene rings is 1. The molecule has 0 fully saturated rings. The third-order valence-corrected chi connectivity index (χ3v) is 3.04. The maximum absolute atomic E-state index is 5.71. The van der Waals surface area contributed by atoms with E-state index in [9.17, 15) is 0 Å². The molecule has 0 spiro atoms. The minimum absolute atomic E-state index is 0.477. The van der Waals surface area contributed by atoms with Crippen LogP contribution in [0.25, 0.3) is 10.9 Å². The molecule has 0 unspecified atom stereocenters. The molecular weight excluding hydrogens is 264 g/mol. The second kappa shape index (κ2) is 6.28. The lowest BCUT2D eigenvalue weighted by molar-refractivity contribution is 0.459. The van der Waals surface area contributed by atoms with E-state index >= 15 is 0 Å². The minimum atomic E-state index is 0.477. The topological polar surface area (TPSA) is 59.9 Å². The molecule has 5 heteroatoms. The van der Waals surface area contributed by atoms with Crippen molar-refractivity contribution in [2.75, 3.05) is 6.54 Å². The van der Waals surface area contributed by atoms with Gasteiger partial charge in [-0.1, -0.05) is 13.0 Å². The number of fused-ring (bicyclic) bond motifs is 1. The van der Waals surface area contributed by atoms with Crippen LogP contribution in [0.1, 0.15) is 12.6 Å². The number of aromatic nitrogens is 3. The van der Waals surface area contributed by atoms with Crippen molar-refractivity contribution in [3.05, 3.63) is 54.6 Å². The van der Waals surface area contributed by atoms with Gasteiger partial charge in [-0.3, -0.25) is 9.97 Å². The fourth-order valence-electron chi connectivity index (χ4n) is 1.97. The van der Waals surface area contributed by atoms with E-state index in [1.807, 2.05) is 30.3 Å². The zero-order chi connectivity index (χ0) is 14.5. The fourth-order valence-corrected chi connectivity index (χ4v) is 1.97. The van der Waals surface area contributed by atoms with Gasteiger partial charge in [0, 0.05) is 24.2 Å². The van der Waals surface area contributed by atoms with E-state index in [0.29, 0.717) is 18.2 Å². The van der Waals surface area contributed by atoms with Crippen LogP contribution in [-0.2, 0) is 6.54 Å². The van der Waals surface area contributed by atoms with E-state index in [2.05, 4.69) is 27.2 Å². The van der Waals surface area contributed by atoms with Gasteiger partial charge in [0.2, 0.25) is 5.88 Å². The standard InChI is InChI=1S/C16H16N4O/c1-2-17-9-13-10-20-16(11-19-13)21-14-6-5-12-4-3-7-18-15(12)8-14/h3-8,10-11,17H,2,9H2,1H3. The Kier molecular flexibility index (Phi) is 4.02. The summed E-state index contributed by atoms with van der Waals surface area (Å²) in [5.74, 6) is 1.18. The molecule has 1 N–H and O–H groups in total. The van der Waals surface area contributed by atoms with Gasteiger partial charge in [-0.2, -0.15) is 0 Å². The lowest BCUT2D eigenvalue weighted by atomic mass is 10.2. The summed E-state index contributed by atoms with van der Waals surface area (Å²) in [4.78, 5) is 12.9. The Morgan fingerprint density at radius 2 is 2.05 bits per heavy atom. The molecule has 2 aromatic heterocycles. The van der Waals surface area contributed by atoms with Crippen molar-refractivity contribution >= 4 is 10.9 Å². The van der Waals surface area contributed by atoms with Crippen LogP contribution < -0.4 is 10.1 Å². The molecule has 0 saturated heterocycles. The summed E-state index contributed by atoms with van der Waals surface area (Å²) in [5, 5.41) is 4.28. The third-order valence-electron chi connectivity index (χ3n) is 3.04. The highest BCUT2D eigenvalue weighted by atomic mass is 16.5. The molecule has 0 amide bonds. The van der Waals surface area contributed by atoms with E-state index < -0.39 is 0 Å². The van der Waals surface area contributed by atoms with Crippen LogP contribution in [-0.4, -0.2) is 21.5 Å². The highest BCUT2D eigenvalue weighted by Gasteiger charge is 2.02. The quantitative estimate of drug-likeness (QED) is 0.778. The predicted octanol–water partition coefficient (Wildman–Crippen LogP) is 2.93. The number of hydrogen-bond donors (Lipinski definition) is 1. The summed E-state index contributed by atoms with van der Waals surface area (Å²) in [7, 11) is 0. The van der Waals surface area contributed by atoms with Gasteiger partial charge in [0.15, 0.2) is 0 Å².